The van der Waals surface area contributed by atoms with Crippen LogP contribution in [0.2, 0.25) is 0 Å². The van der Waals surface area contributed by atoms with Crippen molar-refractivity contribution in [1.29, 1.82) is 0 Å². The van der Waals surface area contributed by atoms with Crippen LogP contribution in [0.1, 0.15) is 26.5 Å². The van der Waals surface area contributed by atoms with Gasteiger partial charge in [-0.15, -0.1) is 0 Å². The molecule has 0 bridgehead atoms. The highest BCUT2D eigenvalue weighted by Crippen LogP contribution is 2.28. The van der Waals surface area contributed by atoms with Crippen LogP contribution in [-0.2, 0) is 6.54 Å². The van der Waals surface area contributed by atoms with Crippen molar-refractivity contribution in [2.45, 2.75) is 32.9 Å². The summed E-state index contributed by atoms with van der Waals surface area (Å²) < 4.78 is 45.1. The third-order valence-corrected chi connectivity index (χ3v) is 2.71. The highest BCUT2D eigenvalue weighted by molar-refractivity contribution is 5.60. The summed E-state index contributed by atoms with van der Waals surface area (Å²) in [5, 5.41) is 3.17. The second kappa shape index (κ2) is 5.28. The molecule has 6 heteroatoms. The fourth-order valence-corrected chi connectivity index (χ4v) is 1.66. The van der Waals surface area contributed by atoms with Gasteiger partial charge in [0.1, 0.15) is 5.69 Å². The molecule has 1 N–H and O–H groups in total. The van der Waals surface area contributed by atoms with E-state index in [9.17, 15) is 13.2 Å². The second-order valence-corrected chi connectivity index (χ2v) is 5.45. The van der Waals surface area contributed by atoms with Crippen LogP contribution in [0.15, 0.2) is 22.9 Å². The van der Waals surface area contributed by atoms with E-state index in [2.05, 4.69) is 10.3 Å². The number of nitrogens with zero attached hydrogens (tertiary/aromatic N) is 1. The lowest BCUT2D eigenvalue weighted by Crippen LogP contribution is -2.35. The van der Waals surface area contributed by atoms with Crippen LogP contribution in [0.3, 0.4) is 0 Å². The monoisotopic (exact) mass is 284 g/mol. The van der Waals surface area contributed by atoms with Gasteiger partial charge in [-0.2, -0.15) is 0 Å². The summed E-state index contributed by atoms with van der Waals surface area (Å²) in [5.41, 5.74) is 0.125. The molecule has 1 aromatic carbocycles. The van der Waals surface area contributed by atoms with Crippen LogP contribution < -0.4 is 5.32 Å². The Morgan fingerprint density at radius 2 is 1.85 bits per heavy atom. The van der Waals surface area contributed by atoms with Crippen LogP contribution in [-0.4, -0.2) is 10.5 Å². The average molecular weight is 284 g/mol. The third kappa shape index (κ3) is 3.01. The quantitative estimate of drug-likeness (QED) is 0.874. The summed E-state index contributed by atoms with van der Waals surface area (Å²) in [7, 11) is 0. The molecule has 1 heterocycles. The van der Waals surface area contributed by atoms with E-state index >= 15 is 0 Å². The lowest BCUT2D eigenvalue weighted by molar-refractivity contribution is 0.421. The molecule has 0 fully saturated rings. The van der Waals surface area contributed by atoms with Gasteiger partial charge in [-0.1, -0.05) is 0 Å². The lowest BCUT2D eigenvalue weighted by atomic mass is 10.1. The zero-order valence-corrected chi connectivity index (χ0v) is 11.4. The first kappa shape index (κ1) is 14.6. The Balaban J connectivity index is 2.35. The van der Waals surface area contributed by atoms with Crippen LogP contribution in [0.4, 0.5) is 13.2 Å². The lowest BCUT2D eigenvalue weighted by Gasteiger charge is -2.19. The van der Waals surface area contributed by atoms with Gasteiger partial charge in [-0.25, -0.2) is 18.2 Å². The first-order valence-corrected chi connectivity index (χ1v) is 6.11. The number of aromatic nitrogens is 1. The van der Waals surface area contributed by atoms with Gasteiger partial charge >= 0.3 is 0 Å². The van der Waals surface area contributed by atoms with Gasteiger partial charge in [-0.3, -0.25) is 0 Å². The first-order valence-electron chi connectivity index (χ1n) is 6.11. The van der Waals surface area contributed by atoms with Crippen molar-refractivity contribution in [1.82, 2.24) is 10.3 Å². The van der Waals surface area contributed by atoms with Gasteiger partial charge < -0.3 is 9.73 Å². The molecule has 0 aliphatic heterocycles. The molecule has 3 nitrogen and oxygen atoms in total. The molecule has 0 aliphatic rings. The summed E-state index contributed by atoms with van der Waals surface area (Å²) in [6.07, 6.45) is 1.15. The molecule has 0 aliphatic carbocycles. The summed E-state index contributed by atoms with van der Waals surface area (Å²) in [4.78, 5) is 3.98. The highest BCUT2D eigenvalue weighted by atomic mass is 19.2. The Morgan fingerprint density at radius 1 is 1.15 bits per heavy atom. The second-order valence-electron chi connectivity index (χ2n) is 5.45. The number of rotatable bonds is 3. The predicted molar refractivity (Wildman–Crippen MR) is 68.4 cm³/mol. The topological polar surface area (TPSA) is 38.1 Å². The van der Waals surface area contributed by atoms with Gasteiger partial charge in [0.15, 0.2) is 29.6 Å². The number of benzene rings is 1. The molecule has 0 saturated heterocycles. The smallest absolute Gasteiger partial charge is 0.195 e. The zero-order chi connectivity index (χ0) is 14.9. The predicted octanol–water partition coefficient (Wildman–Crippen LogP) is 3.65. The molecule has 20 heavy (non-hydrogen) atoms. The van der Waals surface area contributed by atoms with Gasteiger partial charge in [-0.05, 0) is 32.9 Å². The molecule has 1 aromatic heterocycles. The molecule has 0 amide bonds. The number of hydrogen-bond donors (Lipinski definition) is 1. The fourth-order valence-electron chi connectivity index (χ4n) is 1.66. The standard InChI is InChI=1S/C14H15F3N2O/c1-14(2,3)19-6-10-13(20-7-18-10)8-4-5-9(15)12(17)11(8)16/h4-5,7,19H,6H2,1-3H3. The minimum absolute atomic E-state index is 0.0955. The number of halogens is 3. The highest BCUT2D eigenvalue weighted by Gasteiger charge is 2.21. The van der Waals surface area contributed by atoms with Crippen molar-refractivity contribution >= 4 is 0 Å². The minimum atomic E-state index is -1.52. The number of nitrogens with one attached hydrogen (secondary N) is 1. The minimum Gasteiger partial charge on any atom is -0.443 e. The number of oxazole rings is 1. The van der Waals surface area contributed by atoms with E-state index in [0.29, 0.717) is 12.2 Å². The van der Waals surface area contributed by atoms with E-state index in [0.717, 1.165) is 18.5 Å². The molecule has 0 radical (unpaired) electrons. The zero-order valence-electron chi connectivity index (χ0n) is 11.4. The van der Waals surface area contributed by atoms with Gasteiger partial charge in [0.25, 0.3) is 0 Å². The SMILES string of the molecule is CC(C)(C)NCc1ncoc1-c1ccc(F)c(F)c1F. The molecule has 0 spiro atoms. The first-order chi connectivity index (χ1) is 9.29. The molecule has 0 unspecified atom stereocenters. The van der Waals surface area contributed by atoms with Gasteiger partial charge in [0, 0.05) is 12.1 Å². The molecule has 108 valence electrons. The maximum absolute atomic E-state index is 13.8. The van der Waals surface area contributed by atoms with E-state index in [4.69, 9.17) is 4.42 Å². The van der Waals surface area contributed by atoms with Crippen LogP contribution in [0.5, 0.6) is 0 Å². The van der Waals surface area contributed by atoms with Crippen molar-refractivity contribution in [2.75, 3.05) is 0 Å². The molecular weight excluding hydrogens is 269 g/mol. The van der Waals surface area contributed by atoms with Crippen LogP contribution in [0, 0.1) is 17.5 Å². The Kier molecular flexibility index (Phi) is 3.85. The summed E-state index contributed by atoms with van der Waals surface area (Å²) in [5.74, 6) is -3.94. The third-order valence-electron chi connectivity index (χ3n) is 2.71. The fraction of sp³-hybridized carbons (Fsp3) is 0.357. The van der Waals surface area contributed by atoms with Crippen LogP contribution in [0.25, 0.3) is 11.3 Å². The van der Waals surface area contributed by atoms with Crippen molar-refractivity contribution in [3.8, 4) is 11.3 Å². The van der Waals surface area contributed by atoms with Crippen molar-refractivity contribution in [3.05, 3.63) is 41.7 Å². The maximum atomic E-state index is 13.8. The molecule has 2 rings (SSSR count). The average Bonchev–Trinajstić information content (AvgIpc) is 2.81. The Labute approximate surface area is 114 Å². The van der Waals surface area contributed by atoms with Crippen LogP contribution >= 0.6 is 0 Å². The largest absolute Gasteiger partial charge is 0.443 e. The Morgan fingerprint density at radius 3 is 2.50 bits per heavy atom. The van der Waals surface area contributed by atoms with E-state index in [1.165, 1.54) is 0 Å². The van der Waals surface area contributed by atoms with E-state index in [-0.39, 0.29) is 16.9 Å². The van der Waals surface area contributed by atoms with E-state index < -0.39 is 17.5 Å². The summed E-state index contributed by atoms with van der Waals surface area (Å²) >= 11 is 0. The summed E-state index contributed by atoms with van der Waals surface area (Å²) in [6, 6.07) is 1.99. The normalized spacial score (nSPS) is 11.9. The Bertz CT molecular complexity index is 617. The van der Waals surface area contributed by atoms with E-state index in [1.807, 2.05) is 20.8 Å². The molecule has 2 aromatic rings. The number of hydrogen-bond acceptors (Lipinski definition) is 3. The van der Waals surface area contributed by atoms with Crippen molar-refractivity contribution in [3.63, 3.8) is 0 Å². The molecule has 0 saturated carbocycles. The maximum Gasteiger partial charge on any atom is 0.195 e. The molecular formula is C14H15F3N2O. The van der Waals surface area contributed by atoms with Crippen molar-refractivity contribution < 1.29 is 17.6 Å². The van der Waals surface area contributed by atoms with E-state index in [1.54, 1.807) is 0 Å². The Hall–Kier alpha value is -1.82. The van der Waals surface area contributed by atoms with Gasteiger partial charge in [0.05, 0.1) is 5.56 Å². The summed E-state index contributed by atoms with van der Waals surface area (Å²) in [6.45, 7) is 6.22. The van der Waals surface area contributed by atoms with Gasteiger partial charge in [0.2, 0.25) is 0 Å². The van der Waals surface area contributed by atoms with Crippen molar-refractivity contribution in [2.24, 2.45) is 0 Å². The molecule has 0 atom stereocenters.